The van der Waals surface area contributed by atoms with Gasteiger partial charge in [0.25, 0.3) is 0 Å². The van der Waals surface area contributed by atoms with Crippen molar-refractivity contribution < 1.29 is 18.1 Å². The van der Waals surface area contributed by atoms with Gasteiger partial charge in [-0.05, 0) is 40.2 Å². The van der Waals surface area contributed by atoms with Gasteiger partial charge in [-0.25, -0.2) is 0 Å². The van der Waals surface area contributed by atoms with Crippen molar-refractivity contribution in [2.24, 2.45) is 7.05 Å². The van der Waals surface area contributed by atoms with Crippen LogP contribution in [0.4, 0.5) is 0 Å². The average molecular weight is 364 g/mol. The molecule has 1 aromatic carbocycles. The standard InChI is InChI=1S/C19H29NO4Si/c1-6-22-25(23-7-2,24-8-3)14-13-18-19(15(4)21)16-11-9-10-12-17(16)20(18)5/h9-12H,6-8,13-14H2,1-5H3. The zero-order valence-electron chi connectivity index (χ0n) is 15.9. The molecule has 5 nitrogen and oxygen atoms in total. The maximum atomic E-state index is 12.3. The third-order valence-electron chi connectivity index (χ3n) is 4.34. The van der Waals surface area contributed by atoms with Gasteiger partial charge in [-0.2, -0.15) is 0 Å². The predicted octanol–water partition coefficient (Wildman–Crippen LogP) is 3.97. The fourth-order valence-electron chi connectivity index (χ4n) is 3.40. The van der Waals surface area contributed by atoms with E-state index in [2.05, 4.69) is 4.57 Å². The molecule has 0 N–H and O–H groups in total. The van der Waals surface area contributed by atoms with Gasteiger partial charge in [0, 0.05) is 55.1 Å². The summed E-state index contributed by atoms with van der Waals surface area (Å²) in [6, 6.07) is 8.68. The highest BCUT2D eigenvalue weighted by Gasteiger charge is 2.40. The first-order chi connectivity index (χ1) is 12.0. The first-order valence-corrected chi connectivity index (χ1v) is 10.9. The second kappa shape index (κ2) is 8.76. The molecule has 0 bridgehead atoms. The lowest BCUT2D eigenvalue weighted by Gasteiger charge is -2.28. The van der Waals surface area contributed by atoms with Crippen molar-refractivity contribution in [3.05, 3.63) is 35.5 Å². The highest BCUT2D eigenvalue weighted by Crippen LogP contribution is 2.29. The molecule has 2 aromatic rings. The third kappa shape index (κ3) is 4.20. The van der Waals surface area contributed by atoms with E-state index < -0.39 is 8.80 Å². The largest absolute Gasteiger partial charge is 0.501 e. The maximum absolute atomic E-state index is 12.3. The molecule has 0 saturated carbocycles. The fraction of sp³-hybridized carbons (Fsp3) is 0.526. The van der Waals surface area contributed by atoms with E-state index in [1.165, 1.54) is 0 Å². The second-order valence-corrected chi connectivity index (χ2v) is 8.67. The lowest BCUT2D eigenvalue weighted by Crippen LogP contribution is -2.46. The van der Waals surface area contributed by atoms with Crippen molar-refractivity contribution in [3.63, 3.8) is 0 Å². The van der Waals surface area contributed by atoms with Gasteiger partial charge in [-0.3, -0.25) is 4.79 Å². The smallest absolute Gasteiger partial charge is 0.374 e. The molecule has 0 saturated heterocycles. The van der Waals surface area contributed by atoms with Crippen molar-refractivity contribution >= 4 is 25.5 Å². The zero-order valence-corrected chi connectivity index (χ0v) is 16.9. The number of para-hydroxylation sites is 1. The Morgan fingerprint density at radius 1 is 1.04 bits per heavy atom. The van der Waals surface area contributed by atoms with Gasteiger partial charge < -0.3 is 17.8 Å². The van der Waals surface area contributed by atoms with E-state index in [1.54, 1.807) is 6.92 Å². The summed E-state index contributed by atoms with van der Waals surface area (Å²) in [5.74, 6) is 0.0864. The van der Waals surface area contributed by atoms with E-state index in [0.717, 1.165) is 22.2 Å². The highest BCUT2D eigenvalue weighted by atomic mass is 28.4. The van der Waals surface area contributed by atoms with Crippen LogP contribution in [0.2, 0.25) is 6.04 Å². The monoisotopic (exact) mass is 363 g/mol. The summed E-state index contributed by atoms with van der Waals surface area (Å²) in [4.78, 5) is 12.3. The molecule has 0 aliphatic rings. The highest BCUT2D eigenvalue weighted by molar-refractivity contribution is 6.60. The number of carbonyl (C=O) groups is 1. The van der Waals surface area contributed by atoms with Crippen LogP contribution in [0.5, 0.6) is 0 Å². The van der Waals surface area contributed by atoms with E-state index in [0.29, 0.717) is 32.3 Å². The van der Waals surface area contributed by atoms with Gasteiger partial charge in [0.2, 0.25) is 0 Å². The van der Waals surface area contributed by atoms with Crippen molar-refractivity contribution in [1.29, 1.82) is 0 Å². The van der Waals surface area contributed by atoms with Crippen molar-refractivity contribution in [3.8, 4) is 0 Å². The van der Waals surface area contributed by atoms with Crippen LogP contribution in [0, 0.1) is 0 Å². The molecule has 25 heavy (non-hydrogen) atoms. The molecule has 1 heterocycles. The Kier molecular flexibility index (Phi) is 6.95. The van der Waals surface area contributed by atoms with E-state index in [-0.39, 0.29) is 5.78 Å². The van der Waals surface area contributed by atoms with Gasteiger partial charge in [0.15, 0.2) is 5.78 Å². The minimum atomic E-state index is -2.73. The molecule has 0 unspecified atom stereocenters. The van der Waals surface area contributed by atoms with Crippen LogP contribution in [-0.2, 0) is 26.7 Å². The molecule has 0 aliphatic carbocycles. The van der Waals surface area contributed by atoms with Crippen LogP contribution in [-0.4, -0.2) is 39.0 Å². The van der Waals surface area contributed by atoms with E-state index in [1.807, 2.05) is 52.1 Å². The molecular formula is C19H29NO4Si. The molecular weight excluding hydrogens is 334 g/mol. The number of carbonyl (C=O) groups excluding carboxylic acids is 1. The van der Waals surface area contributed by atoms with Crippen LogP contribution in [0.15, 0.2) is 24.3 Å². The molecule has 1 aromatic heterocycles. The normalized spacial score (nSPS) is 12.0. The van der Waals surface area contributed by atoms with Crippen LogP contribution in [0.25, 0.3) is 10.9 Å². The van der Waals surface area contributed by atoms with E-state index in [9.17, 15) is 4.79 Å². The molecule has 0 aliphatic heterocycles. The van der Waals surface area contributed by atoms with Crippen LogP contribution in [0.1, 0.15) is 43.7 Å². The Hall–Kier alpha value is -1.47. The number of ketones is 1. The maximum Gasteiger partial charge on any atom is 0.501 e. The first-order valence-electron chi connectivity index (χ1n) is 8.98. The van der Waals surface area contributed by atoms with Crippen LogP contribution >= 0.6 is 0 Å². The number of aryl methyl sites for hydroxylation is 1. The SMILES string of the molecule is CCO[Si](CCc1c(C(C)=O)c2ccccc2n1C)(OCC)OCC. The summed E-state index contributed by atoms with van der Waals surface area (Å²) in [6.45, 7) is 9.17. The number of nitrogens with zero attached hydrogens (tertiary/aromatic N) is 1. The number of benzene rings is 1. The molecule has 2 rings (SSSR count). The number of rotatable bonds is 10. The summed E-state index contributed by atoms with van der Waals surface area (Å²) in [6.07, 6.45) is 0.687. The fourth-order valence-corrected chi connectivity index (χ4v) is 5.95. The summed E-state index contributed by atoms with van der Waals surface area (Å²) < 4.78 is 19.9. The van der Waals surface area contributed by atoms with Crippen molar-refractivity contribution in [2.75, 3.05) is 19.8 Å². The summed E-state index contributed by atoms with van der Waals surface area (Å²) in [7, 11) is -0.723. The zero-order chi connectivity index (χ0) is 18.4. The van der Waals surface area contributed by atoms with Gasteiger partial charge in [-0.1, -0.05) is 18.2 Å². The Morgan fingerprint density at radius 2 is 1.60 bits per heavy atom. The predicted molar refractivity (Wildman–Crippen MR) is 102 cm³/mol. The van der Waals surface area contributed by atoms with Crippen LogP contribution in [0.3, 0.4) is 0 Å². The minimum absolute atomic E-state index is 0.0864. The molecule has 0 atom stereocenters. The molecule has 0 fully saturated rings. The van der Waals surface area contributed by atoms with Gasteiger partial charge in [0.05, 0.1) is 0 Å². The second-order valence-electron chi connectivity index (χ2n) is 5.94. The molecule has 0 spiro atoms. The Morgan fingerprint density at radius 3 is 2.12 bits per heavy atom. The molecule has 138 valence electrons. The molecule has 6 heteroatoms. The Bertz CT molecular complexity index is 709. The van der Waals surface area contributed by atoms with Gasteiger partial charge >= 0.3 is 8.80 Å². The summed E-state index contributed by atoms with van der Waals surface area (Å²) in [5, 5.41) is 1.00. The molecule has 0 amide bonds. The quantitative estimate of drug-likeness (QED) is 0.473. The number of Topliss-reactive ketones (excluding diaryl/α,β-unsaturated/α-hetero) is 1. The lowest BCUT2D eigenvalue weighted by atomic mass is 10.1. The number of aromatic nitrogens is 1. The summed E-state index contributed by atoms with van der Waals surface area (Å²) in [5.41, 5.74) is 2.88. The summed E-state index contributed by atoms with van der Waals surface area (Å²) >= 11 is 0. The first kappa shape index (κ1) is 19.8. The van der Waals surface area contributed by atoms with Gasteiger partial charge in [0.1, 0.15) is 0 Å². The number of fused-ring (bicyclic) bond motifs is 1. The Labute approximate surface area is 151 Å². The van der Waals surface area contributed by atoms with Crippen molar-refractivity contribution in [2.45, 2.75) is 40.2 Å². The number of hydrogen-bond donors (Lipinski definition) is 0. The Balaban J connectivity index is 2.39. The lowest BCUT2D eigenvalue weighted by molar-refractivity contribution is 0.0712. The van der Waals surface area contributed by atoms with Crippen LogP contribution < -0.4 is 0 Å². The third-order valence-corrected chi connectivity index (χ3v) is 7.39. The van der Waals surface area contributed by atoms with E-state index in [4.69, 9.17) is 13.3 Å². The van der Waals surface area contributed by atoms with Gasteiger partial charge in [-0.15, -0.1) is 0 Å². The van der Waals surface area contributed by atoms with Crippen molar-refractivity contribution in [1.82, 2.24) is 4.57 Å². The average Bonchev–Trinajstić information content (AvgIpc) is 2.86. The molecule has 0 radical (unpaired) electrons. The van der Waals surface area contributed by atoms with E-state index >= 15 is 0 Å². The minimum Gasteiger partial charge on any atom is -0.374 e. The number of hydrogen-bond acceptors (Lipinski definition) is 4. The topological polar surface area (TPSA) is 49.7 Å².